The highest BCUT2D eigenvalue weighted by Gasteiger charge is 2.30. The van der Waals surface area contributed by atoms with Crippen molar-refractivity contribution in [3.8, 4) is 0 Å². The zero-order valence-corrected chi connectivity index (χ0v) is 14.7. The normalized spacial score (nSPS) is 30.1. The van der Waals surface area contributed by atoms with Crippen molar-refractivity contribution in [1.82, 2.24) is 0 Å². The quantitative estimate of drug-likeness (QED) is 0.851. The Balaban J connectivity index is 2.08. The van der Waals surface area contributed by atoms with Gasteiger partial charge in [-0.1, -0.05) is 6.92 Å². The number of rotatable bonds is 5. The first-order chi connectivity index (χ1) is 9.49. The van der Waals surface area contributed by atoms with Crippen LogP contribution in [-0.2, 0) is 9.47 Å². The molecule has 1 aliphatic rings. The summed E-state index contributed by atoms with van der Waals surface area (Å²) in [6.45, 7) is 6.34. The predicted molar refractivity (Wildman–Crippen MR) is 87.1 cm³/mol. The minimum Gasteiger partial charge on any atom is -0.375 e. The fraction of sp³-hybridized carbons (Fsp3) is 0.733. The zero-order chi connectivity index (χ0) is 14.7. The Bertz CT molecular complexity index is 416. The molecule has 0 bridgehead atoms. The molecule has 4 unspecified atom stereocenters. The maximum Gasteiger partial charge on any atom is 0.107 e. The number of hydrogen-bond donors (Lipinski definition) is 1. The summed E-state index contributed by atoms with van der Waals surface area (Å²) < 4.78 is 13.3. The van der Waals surface area contributed by atoms with Gasteiger partial charge in [-0.3, -0.25) is 0 Å². The minimum absolute atomic E-state index is 0.0150. The molecule has 1 aromatic heterocycles. The van der Waals surface area contributed by atoms with Crippen molar-refractivity contribution in [3.63, 3.8) is 0 Å². The summed E-state index contributed by atoms with van der Waals surface area (Å²) in [4.78, 5) is 1.21. The number of thiophene rings is 1. The molecule has 0 aromatic carbocycles. The van der Waals surface area contributed by atoms with Crippen molar-refractivity contribution < 1.29 is 9.47 Å². The molecule has 1 saturated heterocycles. The van der Waals surface area contributed by atoms with Gasteiger partial charge >= 0.3 is 0 Å². The smallest absolute Gasteiger partial charge is 0.107 e. The summed E-state index contributed by atoms with van der Waals surface area (Å²) in [7, 11) is 0. The van der Waals surface area contributed by atoms with Crippen molar-refractivity contribution in [2.24, 2.45) is 5.73 Å². The maximum absolute atomic E-state index is 6.37. The van der Waals surface area contributed by atoms with E-state index in [4.69, 9.17) is 15.2 Å². The summed E-state index contributed by atoms with van der Waals surface area (Å²) in [5.74, 6) is 0. The van der Waals surface area contributed by atoms with Crippen LogP contribution in [0.2, 0.25) is 0 Å². The van der Waals surface area contributed by atoms with Gasteiger partial charge in [0, 0.05) is 10.9 Å². The molecule has 1 aliphatic heterocycles. The van der Waals surface area contributed by atoms with Crippen LogP contribution in [0.4, 0.5) is 0 Å². The number of hydrogen-bond acceptors (Lipinski definition) is 4. The molecule has 2 rings (SSSR count). The van der Waals surface area contributed by atoms with E-state index in [0.717, 1.165) is 23.0 Å². The van der Waals surface area contributed by atoms with E-state index >= 15 is 0 Å². The molecule has 4 atom stereocenters. The van der Waals surface area contributed by atoms with Crippen LogP contribution in [-0.4, -0.2) is 24.4 Å². The van der Waals surface area contributed by atoms with E-state index in [1.807, 2.05) is 0 Å². The first-order valence-corrected chi connectivity index (χ1v) is 8.92. The Morgan fingerprint density at radius 3 is 2.55 bits per heavy atom. The van der Waals surface area contributed by atoms with Crippen LogP contribution < -0.4 is 5.73 Å². The second kappa shape index (κ2) is 7.36. The monoisotopic (exact) mass is 361 g/mol. The molecule has 1 fully saturated rings. The first-order valence-electron chi connectivity index (χ1n) is 7.31. The van der Waals surface area contributed by atoms with Gasteiger partial charge < -0.3 is 15.2 Å². The van der Waals surface area contributed by atoms with Gasteiger partial charge in [0.15, 0.2) is 0 Å². The van der Waals surface area contributed by atoms with Gasteiger partial charge in [-0.15, -0.1) is 11.3 Å². The molecule has 3 nitrogen and oxygen atoms in total. The lowest BCUT2D eigenvalue weighted by Gasteiger charge is -2.35. The Labute approximate surface area is 134 Å². The Hall–Kier alpha value is 0.0600. The van der Waals surface area contributed by atoms with Gasteiger partial charge in [-0.25, -0.2) is 0 Å². The van der Waals surface area contributed by atoms with E-state index in [1.54, 1.807) is 11.3 Å². The summed E-state index contributed by atoms with van der Waals surface area (Å²) in [6, 6.07) is 4.21. The van der Waals surface area contributed by atoms with Gasteiger partial charge in [0.1, 0.15) is 6.10 Å². The highest BCUT2D eigenvalue weighted by molar-refractivity contribution is 9.11. The minimum atomic E-state index is -0.0150. The molecule has 0 amide bonds. The van der Waals surface area contributed by atoms with Gasteiger partial charge in [-0.05, 0) is 61.2 Å². The van der Waals surface area contributed by atoms with Crippen LogP contribution >= 0.6 is 27.3 Å². The van der Waals surface area contributed by atoms with E-state index in [9.17, 15) is 0 Å². The second-order valence-electron chi connectivity index (χ2n) is 5.62. The second-order valence-corrected chi connectivity index (χ2v) is 8.12. The average Bonchev–Trinajstić information content (AvgIpc) is 2.80. The van der Waals surface area contributed by atoms with Gasteiger partial charge in [0.2, 0.25) is 0 Å². The molecular weight excluding hydrogens is 338 g/mol. The molecule has 114 valence electrons. The van der Waals surface area contributed by atoms with Crippen LogP contribution in [0.3, 0.4) is 0 Å². The lowest BCUT2D eigenvalue weighted by molar-refractivity contribution is -0.126. The summed E-state index contributed by atoms with van der Waals surface area (Å²) >= 11 is 5.23. The Morgan fingerprint density at radius 1 is 1.40 bits per heavy atom. The Morgan fingerprint density at radius 2 is 2.05 bits per heavy atom. The molecule has 2 N–H and O–H groups in total. The first kappa shape index (κ1) is 16.4. The zero-order valence-electron chi connectivity index (χ0n) is 12.3. The molecule has 0 aliphatic carbocycles. The lowest BCUT2D eigenvalue weighted by atomic mass is 10.0. The molecule has 0 radical (unpaired) electrons. The van der Waals surface area contributed by atoms with Crippen LogP contribution in [0.25, 0.3) is 0 Å². The fourth-order valence-electron chi connectivity index (χ4n) is 2.74. The molecule has 0 saturated carbocycles. The molecular formula is C15H24BrNO2S. The number of nitrogens with two attached hydrogens (primary N) is 1. The van der Waals surface area contributed by atoms with Crippen LogP contribution in [0.1, 0.15) is 51.0 Å². The van der Waals surface area contributed by atoms with Crippen molar-refractivity contribution in [3.05, 3.63) is 20.8 Å². The van der Waals surface area contributed by atoms with Crippen molar-refractivity contribution >= 4 is 27.3 Å². The average molecular weight is 362 g/mol. The topological polar surface area (TPSA) is 44.5 Å². The van der Waals surface area contributed by atoms with Gasteiger partial charge in [0.25, 0.3) is 0 Å². The molecule has 5 heteroatoms. The predicted octanol–water partition coefficient (Wildman–Crippen LogP) is 4.26. The van der Waals surface area contributed by atoms with Crippen molar-refractivity contribution in [1.29, 1.82) is 0 Å². The van der Waals surface area contributed by atoms with Crippen LogP contribution in [0.15, 0.2) is 15.9 Å². The lowest BCUT2D eigenvalue weighted by Crippen LogP contribution is -2.38. The highest BCUT2D eigenvalue weighted by Crippen LogP contribution is 2.35. The highest BCUT2D eigenvalue weighted by atomic mass is 79.9. The van der Waals surface area contributed by atoms with E-state index in [2.05, 4.69) is 48.8 Å². The van der Waals surface area contributed by atoms with Gasteiger partial charge in [-0.2, -0.15) is 0 Å². The van der Waals surface area contributed by atoms with Gasteiger partial charge in [0.05, 0.1) is 22.1 Å². The SMILES string of the molecule is CCC(N)C(OC1CC(C)OC(C)C1)c1ccc(Br)s1. The van der Waals surface area contributed by atoms with Crippen molar-refractivity contribution in [2.75, 3.05) is 0 Å². The molecule has 1 aromatic rings. The van der Waals surface area contributed by atoms with Crippen molar-refractivity contribution in [2.45, 2.75) is 70.5 Å². The van der Waals surface area contributed by atoms with E-state index in [0.29, 0.717) is 0 Å². The Kier molecular flexibility index (Phi) is 6.05. The largest absolute Gasteiger partial charge is 0.375 e. The fourth-order valence-corrected chi connectivity index (χ4v) is 4.27. The number of halogens is 1. The van der Waals surface area contributed by atoms with Crippen LogP contribution in [0, 0.1) is 0 Å². The molecule has 20 heavy (non-hydrogen) atoms. The molecule has 2 heterocycles. The van der Waals surface area contributed by atoms with E-state index in [-0.39, 0.29) is 30.5 Å². The molecule has 0 spiro atoms. The number of ether oxygens (including phenoxy) is 2. The third kappa shape index (κ3) is 4.28. The third-order valence-electron chi connectivity index (χ3n) is 3.73. The standard InChI is InChI=1S/C15H24BrNO2S/c1-4-12(17)15(13-5-6-14(16)20-13)19-11-7-9(2)18-10(3)8-11/h5-6,9-12,15H,4,7-8,17H2,1-3H3. The summed E-state index contributed by atoms with van der Waals surface area (Å²) in [5, 5.41) is 0. The summed E-state index contributed by atoms with van der Waals surface area (Å²) in [6.07, 6.45) is 3.55. The van der Waals surface area contributed by atoms with E-state index < -0.39 is 0 Å². The van der Waals surface area contributed by atoms with E-state index in [1.165, 1.54) is 4.88 Å². The van der Waals surface area contributed by atoms with Crippen LogP contribution in [0.5, 0.6) is 0 Å². The maximum atomic E-state index is 6.37. The third-order valence-corrected chi connectivity index (χ3v) is 5.41. The summed E-state index contributed by atoms with van der Waals surface area (Å²) in [5.41, 5.74) is 6.28.